The Labute approximate surface area is 72.6 Å². The molecule has 1 saturated heterocycles. The quantitative estimate of drug-likeness (QED) is 0.414. The molecule has 0 radical (unpaired) electrons. The lowest BCUT2D eigenvalue weighted by Gasteiger charge is -2.36. The molecule has 1 aliphatic heterocycles. The van der Waals surface area contributed by atoms with Crippen LogP contribution in [-0.2, 0) is 14.3 Å². The molecule has 0 saturated carbocycles. The molecule has 1 aliphatic rings. The zero-order valence-electron chi connectivity index (χ0n) is 7.87. The van der Waals surface area contributed by atoms with Crippen LogP contribution >= 0.6 is 0 Å². The minimum Gasteiger partial charge on any atom is -0.430 e. The summed E-state index contributed by atoms with van der Waals surface area (Å²) in [5.74, 6) is -0.276. The highest BCUT2D eigenvalue weighted by atomic mass is 16.7. The van der Waals surface area contributed by atoms with E-state index in [9.17, 15) is 4.79 Å². The van der Waals surface area contributed by atoms with Crippen molar-refractivity contribution in [1.29, 1.82) is 0 Å². The van der Waals surface area contributed by atoms with Gasteiger partial charge in [0.2, 0.25) is 0 Å². The smallest absolute Gasteiger partial charge is 0.305 e. The van der Waals surface area contributed by atoms with Gasteiger partial charge in [-0.2, -0.15) is 0 Å². The average molecular weight is 174 g/mol. The molecule has 0 amide bonds. The molecule has 1 atom stereocenters. The molecule has 0 aromatic carbocycles. The number of likely N-dealkylation sites (N-methyl/N-ethyl adjacent to an activating group) is 1. The van der Waals surface area contributed by atoms with Crippen molar-refractivity contribution in [2.75, 3.05) is 33.8 Å². The largest absolute Gasteiger partial charge is 0.430 e. The first kappa shape index (κ1) is 9.48. The Bertz CT molecular complexity index is 179. The molecule has 0 spiro atoms. The third-order valence-electron chi connectivity index (χ3n) is 1.94. The van der Waals surface area contributed by atoms with Crippen molar-refractivity contribution >= 4 is 5.97 Å². The topological polar surface area (TPSA) is 35.5 Å². The van der Waals surface area contributed by atoms with Crippen LogP contribution in [0.25, 0.3) is 0 Å². The van der Waals surface area contributed by atoms with Gasteiger partial charge in [0.05, 0.1) is 14.1 Å². The molecule has 0 N–H and O–H groups in total. The highest BCUT2D eigenvalue weighted by Gasteiger charge is 2.29. The first-order valence-corrected chi connectivity index (χ1v) is 4.10. The summed E-state index contributed by atoms with van der Waals surface area (Å²) >= 11 is 0. The van der Waals surface area contributed by atoms with Gasteiger partial charge in [-0.1, -0.05) is 0 Å². The van der Waals surface area contributed by atoms with Crippen molar-refractivity contribution in [1.82, 2.24) is 0 Å². The summed E-state index contributed by atoms with van der Waals surface area (Å²) in [5, 5.41) is 0. The Hall–Kier alpha value is -0.610. The summed E-state index contributed by atoms with van der Waals surface area (Å²) in [6.45, 7) is 3.76. The van der Waals surface area contributed by atoms with Gasteiger partial charge < -0.3 is 14.0 Å². The van der Waals surface area contributed by atoms with Gasteiger partial charge in [-0.05, 0) is 0 Å². The molecule has 4 nitrogen and oxygen atoms in total. The maximum Gasteiger partial charge on any atom is 0.305 e. The van der Waals surface area contributed by atoms with Gasteiger partial charge in [-0.25, -0.2) is 0 Å². The summed E-state index contributed by atoms with van der Waals surface area (Å²) in [6, 6.07) is 0. The number of hydrogen-bond donors (Lipinski definition) is 0. The van der Waals surface area contributed by atoms with E-state index in [1.54, 1.807) is 0 Å². The van der Waals surface area contributed by atoms with Gasteiger partial charge in [0.25, 0.3) is 6.29 Å². The van der Waals surface area contributed by atoms with Crippen LogP contribution in [0, 0.1) is 0 Å². The van der Waals surface area contributed by atoms with Crippen molar-refractivity contribution < 1.29 is 18.8 Å². The molecule has 4 heteroatoms. The minimum atomic E-state index is -0.355. The normalized spacial score (nSPS) is 28.1. The van der Waals surface area contributed by atoms with Crippen LogP contribution in [0.5, 0.6) is 0 Å². The van der Waals surface area contributed by atoms with Gasteiger partial charge in [0.15, 0.2) is 0 Å². The Morgan fingerprint density at radius 1 is 1.58 bits per heavy atom. The standard InChI is InChI=1S/C8H16NO3/c1-7(10)12-8-6-9(2,3)4-5-11-8/h8H,4-6H2,1-3H3/q+1. The lowest BCUT2D eigenvalue weighted by atomic mass is 10.4. The fourth-order valence-corrected chi connectivity index (χ4v) is 1.24. The molecular formula is C8H16NO3+. The zero-order chi connectivity index (χ0) is 9.19. The van der Waals surface area contributed by atoms with Crippen molar-refractivity contribution in [3.8, 4) is 0 Å². The van der Waals surface area contributed by atoms with E-state index < -0.39 is 0 Å². The van der Waals surface area contributed by atoms with Crippen LogP contribution < -0.4 is 0 Å². The van der Waals surface area contributed by atoms with E-state index in [2.05, 4.69) is 14.1 Å². The third kappa shape index (κ3) is 2.79. The summed E-state index contributed by atoms with van der Waals surface area (Å²) in [7, 11) is 4.19. The Morgan fingerprint density at radius 2 is 2.25 bits per heavy atom. The molecule has 1 heterocycles. The number of quaternary nitrogens is 1. The third-order valence-corrected chi connectivity index (χ3v) is 1.94. The predicted molar refractivity (Wildman–Crippen MR) is 43.3 cm³/mol. The van der Waals surface area contributed by atoms with Gasteiger partial charge in [-0.15, -0.1) is 0 Å². The number of nitrogens with zero attached hydrogens (tertiary/aromatic N) is 1. The number of hydrogen-bond acceptors (Lipinski definition) is 3. The van der Waals surface area contributed by atoms with E-state index in [0.717, 1.165) is 17.6 Å². The fourth-order valence-electron chi connectivity index (χ4n) is 1.24. The van der Waals surface area contributed by atoms with E-state index in [0.29, 0.717) is 6.61 Å². The van der Waals surface area contributed by atoms with Gasteiger partial charge in [0, 0.05) is 6.92 Å². The van der Waals surface area contributed by atoms with E-state index in [1.807, 2.05) is 0 Å². The molecule has 0 aromatic rings. The fraction of sp³-hybridized carbons (Fsp3) is 0.875. The molecule has 0 aromatic heterocycles. The number of carbonyl (C=O) groups is 1. The summed E-state index contributed by atoms with van der Waals surface area (Å²) in [6.07, 6.45) is -0.355. The molecule has 1 unspecified atom stereocenters. The molecule has 70 valence electrons. The van der Waals surface area contributed by atoms with Gasteiger partial charge in [0.1, 0.15) is 19.7 Å². The van der Waals surface area contributed by atoms with Crippen LogP contribution in [0.4, 0.5) is 0 Å². The number of morpholine rings is 1. The zero-order valence-corrected chi connectivity index (χ0v) is 7.87. The van der Waals surface area contributed by atoms with Crippen LogP contribution in [-0.4, -0.2) is 50.5 Å². The minimum absolute atomic E-state index is 0.276. The van der Waals surface area contributed by atoms with Crippen molar-refractivity contribution in [2.24, 2.45) is 0 Å². The van der Waals surface area contributed by atoms with Crippen molar-refractivity contribution in [3.63, 3.8) is 0 Å². The number of esters is 1. The lowest BCUT2D eigenvalue weighted by molar-refractivity contribution is -0.905. The van der Waals surface area contributed by atoms with Crippen LogP contribution in [0.15, 0.2) is 0 Å². The van der Waals surface area contributed by atoms with Crippen LogP contribution in [0.1, 0.15) is 6.92 Å². The highest BCUT2D eigenvalue weighted by Crippen LogP contribution is 2.10. The van der Waals surface area contributed by atoms with Crippen LogP contribution in [0.2, 0.25) is 0 Å². The lowest BCUT2D eigenvalue weighted by Crippen LogP contribution is -2.53. The first-order chi connectivity index (χ1) is 5.49. The van der Waals surface area contributed by atoms with Gasteiger partial charge >= 0.3 is 5.97 Å². The summed E-state index contributed by atoms with van der Waals surface area (Å²) in [4.78, 5) is 10.6. The second-order valence-corrected chi connectivity index (χ2v) is 3.75. The predicted octanol–water partition coefficient (Wildman–Crippen LogP) is -0.0178. The SMILES string of the molecule is CC(=O)OC1C[N+](C)(C)CCO1. The van der Waals surface area contributed by atoms with E-state index >= 15 is 0 Å². The monoisotopic (exact) mass is 174 g/mol. The van der Waals surface area contributed by atoms with E-state index in [1.165, 1.54) is 6.92 Å². The highest BCUT2D eigenvalue weighted by molar-refractivity contribution is 5.66. The van der Waals surface area contributed by atoms with E-state index in [4.69, 9.17) is 9.47 Å². The Morgan fingerprint density at radius 3 is 2.75 bits per heavy atom. The summed E-state index contributed by atoms with van der Waals surface area (Å²) < 4.78 is 11.1. The van der Waals surface area contributed by atoms with Crippen molar-refractivity contribution in [3.05, 3.63) is 0 Å². The molecule has 12 heavy (non-hydrogen) atoms. The molecule has 0 aliphatic carbocycles. The second kappa shape index (κ2) is 3.41. The Kier molecular flexibility index (Phi) is 2.69. The first-order valence-electron chi connectivity index (χ1n) is 4.10. The molecule has 1 rings (SSSR count). The summed E-state index contributed by atoms with van der Waals surface area (Å²) in [5.41, 5.74) is 0. The van der Waals surface area contributed by atoms with Crippen LogP contribution in [0.3, 0.4) is 0 Å². The Balaban J connectivity index is 2.41. The molecule has 0 bridgehead atoms. The number of ether oxygens (including phenoxy) is 2. The molecule has 1 fully saturated rings. The number of carbonyl (C=O) groups excluding carboxylic acids is 1. The van der Waals surface area contributed by atoms with Gasteiger partial charge in [-0.3, -0.25) is 4.79 Å². The molecular weight excluding hydrogens is 158 g/mol. The van der Waals surface area contributed by atoms with Crippen molar-refractivity contribution in [2.45, 2.75) is 13.2 Å². The average Bonchev–Trinajstić information content (AvgIpc) is 1.82. The second-order valence-electron chi connectivity index (χ2n) is 3.75. The number of rotatable bonds is 1. The maximum atomic E-state index is 10.6. The van der Waals surface area contributed by atoms with E-state index in [-0.39, 0.29) is 12.3 Å². The maximum absolute atomic E-state index is 10.6.